The zero-order valence-corrected chi connectivity index (χ0v) is 17.6. The van der Waals surface area contributed by atoms with Crippen LogP contribution < -0.4 is 11.1 Å². The molecule has 0 radical (unpaired) electrons. The van der Waals surface area contributed by atoms with E-state index in [0.29, 0.717) is 29.4 Å². The van der Waals surface area contributed by atoms with Gasteiger partial charge >= 0.3 is 0 Å². The molecule has 1 aromatic carbocycles. The van der Waals surface area contributed by atoms with Gasteiger partial charge in [0, 0.05) is 6.04 Å². The minimum absolute atomic E-state index is 0.0344. The molecule has 2 saturated carbocycles. The fourth-order valence-corrected chi connectivity index (χ4v) is 6.70. The van der Waals surface area contributed by atoms with Crippen LogP contribution in [-0.2, 0) is 11.2 Å². The van der Waals surface area contributed by atoms with Gasteiger partial charge in [0.25, 0.3) is 0 Å². The Labute approximate surface area is 169 Å². The van der Waals surface area contributed by atoms with Crippen LogP contribution in [-0.4, -0.2) is 23.1 Å². The normalized spacial score (nSPS) is 35.0. The fourth-order valence-electron chi connectivity index (χ4n) is 6.70. The molecule has 0 bridgehead atoms. The third kappa shape index (κ3) is 3.34. The van der Waals surface area contributed by atoms with Crippen LogP contribution in [0.1, 0.15) is 76.3 Å². The molecule has 0 unspecified atom stereocenters. The van der Waals surface area contributed by atoms with Crippen molar-refractivity contribution in [2.24, 2.45) is 28.9 Å². The summed E-state index contributed by atoms with van der Waals surface area (Å²) in [6.07, 6.45) is 7.63. The summed E-state index contributed by atoms with van der Waals surface area (Å²) in [6.45, 7) is 6.64. The average molecular weight is 385 g/mol. The summed E-state index contributed by atoms with van der Waals surface area (Å²) in [4.78, 5) is 12.7. The number of nitrogens with two attached hydrogens (primary N) is 1. The number of rotatable bonds is 4. The highest BCUT2D eigenvalue weighted by Crippen LogP contribution is 2.60. The van der Waals surface area contributed by atoms with Gasteiger partial charge in [0.05, 0.1) is 6.04 Å². The van der Waals surface area contributed by atoms with Gasteiger partial charge in [-0.1, -0.05) is 26.8 Å². The minimum atomic E-state index is -0.395. The van der Waals surface area contributed by atoms with Gasteiger partial charge in [-0.3, -0.25) is 4.79 Å². The average Bonchev–Trinajstić information content (AvgIpc) is 2.97. The van der Waals surface area contributed by atoms with E-state index in [1.54, 1.807) is 0 Å². The number of carbonyl (C=O) groups excluding carboxylic acids is 1. The first kappa shape index (κ1) is 19.8. The number of nitrogens with one attached hydrogen (secondary N) is 1. The van der Waals surface area contributed by atoms with Gasteiger partial charge in [-0.15, -0.1) is 0 Å². The van der Waals surface area contributed by atoms with Gasteiger partial charge in [0.2, 0.25) is 5.91 Å². The second-order valence-electron chi connectivity index (χ2n) is 10.2. The molecule has 2 fully saturated rings. The van der Waals surface area contributed by atoms with Crippen molar-refractivity contribution in [3.8, 4) is 5.75 Å². The van der Waals surface area contributed by atoms with Crippen molar-refractivity contribution in [2.75, 3.05) is 0 Å². The molecule has 0 saturated heterocycles. The lowest BCUT2D eigenvalue weighted by Gasteiger charge is -2.51. The molecule has 0 aliphatic heterocycles. The summed E-state index contributed by atoms with van der Waals surface area (Å²) < 4.78 is 0. The van der Waals surface area contributed by atoms with Crippen LogP contribution in [0.3, 0.4) is 0 Å². The quantitative estimate of drug-likeness (QED) is 0.731. The lowest BCUT2D eigenvalue weighted by molar-refractivity contribution is -0.124. The van der Waals surface area contributed by atoms with Crippen LogP contribution in [0.25, 0.3) is 0 Å². The predicted octanol–water partition coefficient (Wildman–Crippen LogP) is 4.11. The second-order valence-corrected chi connectivity index (χ2v) is 10.2. The van der Waals surface area contributed by atoms with Gasteiger partial charge in [-0.05, 0) is 97.3 Å². The number of hydrogen-bond acceptors (Lipinski definition) is 3. The van der Waals surface area contributed by atoms with E-state index in [0.717, 1.165) is 25.7 Å². The van der Waals surface area contributed by atoms with Crippen molar-refractivity contribution in [1.29, 1.82) is 0 Å². The molecular formula is C24H36N2O2. The minimum Gasteiger partial charge on any atom is -0.508 e. The summed E-state index contributed by atoms with van der Waals surface area (Å²) in [5.41, 5.74) is 9.13. The lowest BCUT2D eigenvalue weighted by atomic mass is 9.55. The summed E-state index contributed by atoms with van der Waals surface area (Å²) in [5.74, 6) is 2.83. The number of hydrogen-bond donors (Lipinski definition) is 3. The van der Waals surface area contributed by atoms with Crippen molar-refractivity contribution >= 4 is 5.91 Å². The van der Waals surface area contributed by atoms with Crippen molar-refractivity contribution in [2.45, 2.75) is 83.7 Å². The highest BCUT2D eigenvalue weighted by atomic mass is 16.3. The first-order chi connectivity index (χ1) is 13.3. The topological polar surface area (TPSA) is 75.4 Å². The summed E-state index contributed by atoms with van der Waals surface area (Å²) in [5, 5.41) is 13.2. The number of aromatic hydroxyl groups is 1. The van der Waals surface area contributed by atoms with Crippen LogP contribution in [0.5, 0.6) is 5.75 Å². The number of benzene rings is 1. The van der Waals surface area contributed by atoms with Crippen LogP contribution in [0.2, 0.25) is 0 Å². The Hall–Kier alpha value is -1.55. The molecule has 4 rings (SSSR count). The maximum atomic E-state index is 12.7. The van der Waals surface area contributed by atoms with E-state index in [-0.39, 0.29) is 17.4 Å². The molecular weight excluding hydrogens is 348 g/mol. The van der Waals surface area contributed by atoms with Crippen molar-refractivity contribution in [1.82, 2.24) is 5.32 Å². The number of aryl methyl sites for hydroxylation is 1. The van der Waals surface area contributed by atoms with E-state index < -0.39 is 6.04 Å². The van der Waals surface area contributed by atoms with Crippen molar-refractivity contribution < 1.29 is 9.90 Å². The maximum absolute atomic E-state index is 12.7. The van der Waals surface area contributed by atoms with Crippen LogP contribution in [0.4, 0.5) is 0 Å². The Bertz CT molecular complexity index is 746. The largest absolute Gasteiger partial charge is 0.508 e. The molecule has 6 atom stereocenters. The smallest absolute Gasteiger partial charge is 0.237 e. The van der Waals surface area contributed by atoms with Crippen molar-refractivity contribution in [3.63, 3.8) is 0 Å². The van der Waals surface area contributed by atoms with Gasteiger partial charge in [0.1, 0.15) is 5.75 Å². The molecule has 1 aromatic rings. The summed E-state index contributed by atoms with van der Waals surface area (Å²) in [7, 11) is 0. The molecule has 28 heavy (non-hydrogen) atoms. The second kappa shape index (κ2) is 7.37. The van der Waals surface area contributed by atoms with Gasteiger partial charge in [-0.25, -0.2) is 0 Å². The molecule has 0 aromatic heterocycles. The standard InChI is InChI=1S/C24H36N2O2/c1-14(2)12-21(25)23(28)26-22-9-8-20-19-6-4-15-13-16(27)5-7-17(15)18(19)10-11-24(20,22)3/h5,7,13-14,18-22,27H,4,6,8-12,25H2,1-3H3,(H,26,28)/t18-,19-,20+,21+,22+,24+/m1/s1. The first-order valence-corrected chi connectivity index (χ1v) is 11.2. The molecule has 4 N–H and O–H groups in total. The summed E-state index contributed by atoms with van der Waals surface area (Å²) >= 11 is 0. The van der Waals surface area contributed by atoms with Crippen LogP contribution in [0, 0.1) is 23.2 Å². The molecule has 1 amide bonds. The lowest BCUT2D eigenvalue weighted by Crippen LogP contribution is -2.53. The Balaban J connectivity index is 1.49. The Morgan fingerprint density at radius 1 is 1.29 bits per heavy atom. The van der Waals surface area contributed by atoms with Crippen LogP contribution in [0.15, 0.2) is 18.2 Å². The van der Waals surface area contributed by atoms with E-state index in [1.165, 1.54) is 30.4 Å². The highest BCUT2D eigenvalue weighted by Gasteiger charge is 2.55. The van der Waals surface area contributed by atoms with E-state index in [2.05, 4.69) is 32.2 Å². The highest BCUT2D eigenvalue weighted by molar-refractivity contribution is 5.81. The monoisotopic (exact) mass is 384 g/mol. The molecule has 3 aliphatic rings. The first-order valence-electron chi connectivity index (χ1n) is 11.2. The van der Waals surface area contributed by atoms with Gasteiger partial charge in [0.15, 0.2) is 0 Å². The predicted molar refractivity (Wildman–Crippen MR) is 112 cm³/mol. The zero-order chi connectivity index (χ0) is 20.1. The van der Waals surface area contributed by atoms with Gasteiger partial charge < -0.3 is 16.2 Å². The van der Waals surface area contributed by atoms with E-state index in [1.807, 2.05) is 12.1 Å². The summed E-state index contributed by atoms with van der Waals surface area (Å²) in [6, 6.07) is 5.83. The van der Waals surface area contributed by atoms with Crippen molar-refractivity contribution in [3.05, 3.63) is 29.3 Å². The molecule has 154 valence electrons. The number of phenolic OH excluding ortho intramolecular Hbond substituents is 1. The van der Waals surface area contributed by atoms with E-state index >= 15 is 0 Å². The fraction of sp³-hybridized carbons (Fsp3) is 0.708. The maximum Gasteiger partial charge on any atom is 0.237 e. The number of fused-ring (bicyclic) bond motifs is 5. The molecule has 0 heterocycles. The molecule has 4 heteroatoms. The number of phenols is 1. The molecule has 4 nitrogen and oxygen atoms in total. The van der Waals surface area contributed by atoms with Gasteiger partial charge in [-0.2, -0.15) is 0 Å². The zero-order valence-electron chi connectivity index (χ0n) is 17.6. The third-order valence-corrected chi connectivity index (χ3v) is 8.09. The number of carbonyl (C=O) groups is 1. The molecule has 0 spiro atoms. The Kier molecular flexibility index (Phi) is 5.20. The van der Waals surface area contributed by atoms with E-state index in [9.17, 15) is 9.90 Å². The SMILES string of the molecule is CC(C)C[C@H](N)C(=O)N[C@H]1CC[C@H]2[C@@H]3CCc4cc(O)ccc4[C@H]3CC[C@]12C. The Morgan fingerprint density at radius 2 is 2.07 bits per heavy atom. The number of amides is 1. The third-order valence-electron chi connectivity index (χ3n) is 8.09. The Morgan fingerprint density at radius 3 is 2.82 bits per heavy atom. The van der Waals surface area contributed by atoms with E-state index in [4.69, 9.17) is 5.73 Å². The van der Waals surface area contributed by atoms with Crippen LogP contribution >= 0.6 is 0 Å². The molecule has 3 aliphatic carbocycles.